The fraction of sp³-hybridized carbons (Fsp3) is 0.391. The van der Waals surface area contributed by atoms with Gasteiger partial charge in [-0.15, -0.1) is 0 Å². The van der Waals surface area contributed by atoms with E-state index in [4.69, 9.17) is 0 Å². The van der Waals surface area contributed by atoms with Gasteiger partial charge in [0.15, 0.2) is 0 Å². The molecule has 3 heterocycles. The quantitative estimate of drug-likeness (QED) is 0.660. The van der Waals surface area contributed by atoms with Crippen LogP contribution in [0.3, 0.4) is 0 Å². The molecule has 0 spiro atoms. The second-order valence-corrected chi connectivity index (χ2v) is 9.45. The highest BCUT2D eigenvalue weighted by atomic mass is 32.2. The molecule has 0 radical (unpaired) electrons. The normalized spacial score (nSPS) is 18.8. The number of amides is 1. The van der Waals surface area contributed by atoms with Crippen molar-refractivity contribution in [2.24, 2.45) is 0 Å². The highest BCUT2D eigenvalue weighted by Gasteiger charge is 2.22. The molecule has 1 aromatic carbocycles. The molecule has 0 aliphatic carbocycles. The number of likely N-dealkylation sites (tertiary alicyclic amines) is 1. The second-order valence-electron chi connectivity index (χ2n) is 7.72. The first-order chi connectivity index (χ1) is 14.6. The van der Waals surface area contributed by atoms with Crippen LogP contribution in [0.5, 0.6) is 0 Å². The summed E-state index contributed by atoms with van der Waals surface area (Å²) in [4.78, 5) is 20.0. The molecule has 1 aliphatic heterocycles. The third-order valence-electron chi connectivity index (χ3n) is 5.78. The molecule has 1 aliphatic rings. The number of aromatic nitrogens is 2. The maximum absolute atomic E-state index is 13.0. The van der Waals surface area contributed by atoms with E-state index >= 15 is 0 Å². The van der Waals surface area contributed by atoms with E-state index in [0.29, 0.717) is 12.1 Å². The number of benzene rings is 1. The number of nitrogens with zero attached hydrogens (tertiary/aromatic N) is 3. The summed E-state index contributed by atoms with van der Waals surface area (Å²) in [6.45, 7) is 5.82. The minimum Gasteiger partial charge on any atom is -0.348 e. The van der Waals surface area contributed by atoms with E-state index in [2.05, 4.69) is 22.1 Å². The van der Waals surface area contributed by atoms with E-state index in [1.54, 1.807) is 18.5 Å². The van der Waals surface area contributed by atoms with Gasteiger partial charge in [-0.1, -0.05) is 19.1 Å². The van der Waals surface area contributed by atoms with Crippen LogP contribution < -0.4 is 5.32 Å². The van der Waals surface area contributed by atoms with Crippen molar-refractivity contribution in [3.05, 3.63) is 66.1 Å². The van der Waals surface area contributed by atoms with Gasteiger partial charge in [0.05, 0.1) is 16.4 Å². The predicted molar refractivity (Wildman–Crippen MR) is 119 cm³/mol. The lowest BCUT2D eigenvalue weighted by Gasteiger charge is -2.17. The van der Waals surface area contributed by atoms with E-state index in [9.17, 15) is 9.00 Å². The molecule has 2 atom stereocenters. The van der Waals surface area contributed by atoms with Gasteiger partial charge in [0.25, 0.3) is 5.91 Å². The minimum atomic E-state index is -0.981. The van der Waals surface area contributed by atoms with E-state index in [-0.39, 0.29) is 11.2 Å². The summed E-state index contributed by atoms with van der Waals surface area (Å²) >= 11 is 0. The number of imidazole rings is 1. The average molecular weight is 425 g/mol. The zero-order chi connectivity index (χ0) is 20.9. The van der Waals surface area contributed by atoms with E-state index in [1.165, 1.54) is 0 Å². The Kier molecular flexibility index (Phi) is 6.59. The number of nitrogens with one attached hydrogen (secondary N) is 1. The molecule has 30 heavy (non-hydrogen) atoms. The Balaban J connectivity index is 1.34. The SMILES string of the molecule is CCN1CCCC(S(=O)c2ccc(CNC(=O)c3ccc4nccn4c3)cc2)CC1. The molecule has 7 heteroatoms. The number of hydrogen-bond acceptors (Lipinski definition) is 4. The molecule has 0 bridgehead atoms. The Morgan fingerprint density at radius 2 is 2.00 bits per heavy atom. The van der Waals surface area contributed by atoms with Gasteiger partial charge in [-0.3, -0.25) is 9.00 Å². The van der Waals surface area contributed by atoms with Gasteiger partial charge in [0, 0.05) is 35.3 Å². The molecule has 3 aromatic rings. The van der Waals surface area contributed by atoms with Gasteiger partial charge in [0.2, 0.25) is 0 Å². The molecule has 1 fully saturated rings. The first kappa shape index (κ1) is 20.8. The third kappa shape index (κ3) is 4.79. The average Bonchev–Trinajstić information content (AvgIpc) is 3.12. The largest absolute Gasteiger partial charge is 0.348 e. The van der Waals surface area contributed by atoms with Crippen molar-refractivity contribution in [2.45, 2.75) is 42.9 Å². The van der Waals surface area contributed by atoms with Crippen LogP contribution in [0.1, 0.15) is 42.1 Å². The molecule has 1 saturated heterocycles. The molecule has 158 valence electrons. The molecular formula is C23H28N4O2S. The zero-order valence-electron chi connectivity index (χ0n) is 17.3. The fourth-order valence-corrected chi connectivity index (χ4v) is 5.42. The lowest BCUT2D eigenvalue weighted by Crippen LogP contribution is -2.25. The summed E-state index contributed by atoms with van der Waals surface area (Å²) in [5.74, 6) is -0.128. The van der Waals surface area contributed by atoms with Crippen molar-refractivity contribution in [3.63, 3.8) is 0 Å². The van der Waals surface area contributed by atoms with Crippen molar-refractivity contribution in [1.29, 1.82) is 0 Å². The molecule has 0 saturated carbocycles. The number of carbonyl (C=O) groups excluding carboxylic acids is 1. The smallest absolute Gasteiger partial charge is 0.253 e. The topological polar surface area (TPSA) is 66.7 Å². The van der Waals surface area contributed by atoms with Crippen LogP contribution in [0.2, 0.25) is 0 Å². The maximum atomic E-state index is 13.0. The first-order valence-corrected chi connectivity index (χ1v) is 11.8. The van der Waals surface area contributed by atoms with Gasteiger partial charge in [-0.25, -0.2) is 4.98 Å². The van der Waals surface area contributed by atoms with Crippen molar-refractivity contribution in [1.82, 2.24) is 19.6 Å². The Labute approximate surface area is 179 Å². The third-order valence-corrected chi connectivity index (χ3v) is 7.59. The summed E-state index contributed by atoms with van der Waals surface area (Å²) in [5.41, 5.74) is 2.39. The highest BCUT2D eigenvalue weighted by Crippen LogP contribution is 2.22. The fourth-order valence-electron chi connectivity index (χ4n) is 3.93. The van der Waals surface area contributed by atoms with Crippen LogP contribution in [0.4, 0.5) is 0 Å². The minimum absolute atomic E-state index is 0.128. The predicted octanol–water partition coefficient (Wildman–Crippen LogP) is 3.25. The summed E-state index contributed by atoms with van der Waals surface area (Å²) in [5, 5.41) is 3.18. The summed E-state index contributed by atoms with van der Waals surface area (Å²) in [7, 11) is -0.981. The monoisotopic (exact) mass is 424 g/mol. The number of fused-ring (bicyclic) bond motifs is 1. The number of carbonyl (C=O) groups is 1. The molecule has 1 amide bonds. The Bertz CT molecular complexity index is 1030. The highest BCUT2D eigenvalue weighted by molar-refractivity contribution is 7.85. The zero-order valence-corrected chi connectivity index (χ0v) is 18.1. The standard InChI is InChI=1S/C23H28N4O2S/c1-2-26-13-3-4-20(11-14-26)30(29)21-8-5-18(6-9-21)16-25-23(28)19-7-10-22-24-12-15-27(22)17-19/h5-10,12,15,17,20H,2-4,11,13-14,16H2,1H3,(H,25,28). The summed E-state index contributed by atoms with van der Waals surface area (Å²) < 4.78 is 14.8. The molecular weight excluding hydrogens is 396 g/mol. The second kappa shape index (κ2) is 9.53. The molecule has 2 aromatic heterocycles. The van der Waals surface area contributed by atoms with Crippen LogP contribution in [-0.2, 0) is 17.3 Å². The van der Waals surface area contributed by atoms with Crippen molar-refractivity contribution in [2.75, 3.05) is 19.6 Å². The maximum Gasteiger partial charge on any atom is 0.253 e. The van der Waals surface area contributed by atoms with Crippen LogP contribution in [-0.4, -0.2) is 49.3 Å². The molecule has 1 N–H and O–H groups in total. The van der Waals surface area contributed by atoms with Crippen molar-refractivity contribution in [3.8, 4) is 0 Å². The number of rotatable bonds is 6. The van der Waals surface area contributed by atoms with Gasteiger partial charge in [-0.05, 0) is 68.7 Å². The molecule has 2 unspecified atom stereocenters. The molecule has 6 nitrogen and oxygen atoms in total. The summed E-state index contributed by atoms with van der Waals surface area (Å²) in [6, 6.07) is 11.4. The van der Waals surface area contributed by atoms with Gasteiger partial charge in [0.1, 0.15) is 5.65 Å². The first-order valence-electron chi connectivity index (χ1n) is 10.6. The van der Waals surface area contributed by atoms with Crippen LogP contribution in [0, 0.1) is 0 Å². The van der Waals surface area contributed by atoms with E-state index in [0.717, 1.165) is 55.0 Å². The van der Waals surface area contributed by atoms with Crippen molar-refractivity contribution < 1.29 is 9.00 Å². The van der Waals surface area contributed by atoms with Gasteiger partial charge >= 0.3 is 0 Å². The number of hydrogen-bond donors (Lipinski definition) is 1. The van der Waals surface area contributed by atoms with E-state index in [1.807, 2.05) is 40.9 Å². The van der Waals surface area contributed by atoms with Gasteiger partial charge < -0.3 is 14.6 Å². The summed E-state index contributed by atoms with van der Waals surface area (Å²) in [6.07, 6.45) is 8.41. The van der Waals surface area contributed by atoms with Crippen LogP contribution in [0.25, 0.3) is 5.65 Å². The van der Waals surface area contributed by atoms with Crippen molar-refractivity contribution >= 4 is 22.4 Å². The Hall–Kier alpha value is -2.51. The lowest BCUT2D eigenvalue weighted by atomic mass is 10.2. The number of pyridine rings is 1. The lowest BCUT2D eigenvalue weighted by molar-refractivity contribution is 0.0950. The van der Waals surface area contributed by atoms with Crippen LogP contribution in [0.15, 0.2) is 59.9 Å². The Morgan fingerprint density at radius 1 is 1.17 bits per heavy atom. The van der Waals surface area contributed by atoms with E-state index < -0.39 is 10.8 Å². The van der Waals surface area contributed by atoms with Gasteiger partial charge in [-0.2, -0.15) is 0 Å². The Morgan fingerprint density at radius 3 is 2.80 bits per heavy atom. The molecule has 4 rings (SSSR count). The van der Waals surface area contributed by atoms with Crippen LogP contribution >= 0.6 is 0 Å².